The first-order chi connectivity index (χ1) is 15.5. The van der Waals surface area contributed by atoms with Gasteiger partial charge in [0, 0.05) is 17.3 Å². The lowest BCUT2D eigenvalue weighted by atomic mass is 10.2. The average Bonchev–Trinajstić information content (AvgIpc) is 3.26. The van der Waals surface area contributed by atoms with Crippen molar-refractivity contribution in [2.45, 2.75) is 11.3 Å². The van der Waals surface area contributed by atoms with Crippen LogP contribution < -0.4 is 24.8 Å². The van der Waals surface area contributed by atoms with Crippen molar-refractivity contribution in [2.75, 3.05) is 37.2 Å². The molecule has 0 radical (unpaired) electrons. The van der Waals surface area contributed by atoms with Crippen LogP contribution in [0.4, 0.5) is 10.8 Å². The van der Waals surface area contributed by atoms with Gasteiger partial charge >= 0.3 is 0 Å². The monoisotopic (exact) mass is 474 g/mol. The van der Waals surface area contributed by atoms with Crippen molar-refractivity contribution in [3.05, 3.63) is 48.0 Å². The zero-order valence-corrected chi connectivity index (χ0v) is 19.3. The Bertz CT molecular complexity index is 1050. The molecule has 9 nitrogen and oxygen atoms in total. The van der Waals surface area contributed by atoms with Gasteiger partial charge in [-0.2, -0.15) is 0 Å². The minimum atomic E-state index is -0.372. The van der Waals surface area contributed by atoms with E-state index in [1.807, 2.05) is 6.92 Å². The third kappa shape index (κ3) is 6.59. The summed E-state index contributed by atoms with van der Waals surface area (Å²) in [7, 11) is 3.02. The van der Waals surface area contributed by atoms with Gasteiger partial charge in [-0.3, -0.25) is 14.9 Å². The fourth-order valence-corrected chi connectivity index (χ4v) is 4.10. The van der Waals surface area contributed by atoms with Crippen molar-refractivity contribution in [3.8, 4) is 17.2 Å². The molecule has 32 heavy (non-hydrogen) atoms. The maximum absolute atomic E-state index is 12.5. The molecule has 2 aromatic carbocycles. The van der Waals surface area contributed by atoms with Crippen LogP contribution in [-0.2, 0) is 4.79 Å². The summed E-state index contributed by atoms with van der Waals surface area (Å²) in [5.41, 5.74) is 1.04. The number of aromatic nitrogens is 2. The number of anilines is 2. The number of benzene rings is 2. The maximum Gasteiger partial charge on any atom is 0.257 e. The fraction of sp³-hybridized carbons (Fsp3) is 0.238. The minimum Gasteiger partial charge on any atom is -0.497 e. The van der Waals surface area contributed by atoms with Gasteiger partial charge in [-0.15, -0.1) is 10.2 Å². The van der Waals surface area contributed by atoms with Gasteiger partial charge in [0.1, 0.15) is 17.2 Å². The molecule has 0 unspecified atom stereocenters. The van der Waals surface area contributed by atoms with Gasteiger partial charge < -0.3 is 19.5 Å². The Morgan fingerprint density at radius 2 is 1.66 bits per heavy atom. The predicted octanol–water partition coefficient (Wildman–Crippen LogP) is 3.94. The van der Waals surface area contributed by atoms with Gasteiger partial charge in [0.25, 0.3) is 5.91 Å². The average molecular weight is 475 g/mol. The number of hydrogen-bond acceptors (Lipinski definition) is 9. The van der Waals surface area contributed by atoms with E-state index in [1.165, 1.54) is 37.3 Å². The molecule has 0 aliphatic carbocycles. The largest absolute Gasteiger partial charge is 0.497 e. The first-order valence-electron chi connectivity index (χ1n) is 9.54. The molecule has 3 rings (SSSR count). The van der Waals surface area contributed by atoms with Crippen LogP contribution in [0, 0.1) is 0 Å². The van der Waals surface area contributed by atoms with Gasteiger partial charge in [-0.05, 0) is 43.3 Å². The molecule has 2 N–H and O–H groups in total. The van der Waals surface area contributed by atoms with Crippen molar-refractivity contribution < 1.29 is 23.8 Å². The summed E-state index contributed by atoms with van der Waals surface area (Å²) in [5.74, 6) is 1.36. The van der Waals surface area contributed by atoms with Crippen LogP contribution in [0.5, 0.6) is 17.2 Å². The standard InChI is InChI=1S/C21H22N4O5S2/c1-4-30-15-7-5-14(6-8-15)22-18(26)12-31-21-25-24-20(32-21)23-19(27)13-9-16(28-2)11-17(10-13)29-3/h5-11H,4,12H2,1-3H3,(H,22,26)(H,23,24,27). The van der Waals surface area contributed by atoms with Crippen LogP contribution in [0.3, 0.4) is 0 Å². The number of amides is 2. The van der Waals surface area contributed by atoms with E-state index < -0.39 is 0 Å². The predicted molar refractivity (Wildman–Crippen MR) is 124 cm³/mol. The lowest BCUT2D eigenvalue weighted by molar-refractivity contribution is -0.113. The molecule has 0 saturated heterocycles. The van der Waals surface area contributed by atoms with E-state index in [1.54, 1.807) is 42.5 Å². The van der Waals surface area contributed by atoms with Crippen LogP contribution in [-0.4, -0.2) is 48.6 Å². The highest BCUT2D eigenvalue weighted by molar-refractivity contribution is 8.01. The lowest BCUT2D eigenvalue weighted by Gasteiger charge is -2.07. The van der Waals surface area contributed by atoms with Crippen LogP contribution in [0.15, 0.2) is 46.8 Å². The Hall–Kier alpha value is -3.31. The van der Waals surface area contributed by atoms with E-state index in [9.17, 15) is 9.59 Å². The fourth-order valence-electron chi connectivity index (χ4n) is 2.55. The summed E-state index contributed by atoms with van der Waals surface area (Å²) < 4.78 is 16.3. The Balaban J connectivity index is 1.52. The molecule has 1 aromatic heterocycles. The smallest absolute Gasteiger partial charge is 0.257 e. The Morgan fingerprint density at radius 3 is 2.28 bits per heavy atom. The van der Waals surface area contributed by atoms with Crippen LogP contribution in [0.25, 0.3) is 0 Å². The second kappa shape index (κ2) is 11.3. The number of thioether (sulfide) groups is 1. The minimum absolute atomic E-state index is 0.156. The van der Waals surface area contributed by atoms with Gasteiger partial charge in [0.2, 0.25) is 11.0 Å². The van der Waals surface area contributed by atoms with E-state index in [0.29, 0.717) is 38.8 Å². The third-order valence-electron chi connectivity index (χ3n) is 4.02. The quantitative estimate of drug-likeness (QED) is 0.336. The summed E-state index contributed by atoms with van der Waals surface area (Å²) in [6, 6.07) is 12.0. The molecule has 0 fully saturated rings. The van der Waals surface area contributed by atoms with E-state index in [2.05, 4.69) is 20.8 Å². The summed E-state index contributed by atoms with van der Waals surface area (Å²) in [5, 5.41) is 13.8. The molecule has 1 heterocycles. The summed E-state index contributed by atoms with van der Waals surface area (Å²) in [6.07, 6.45) is 0. The van der Waals surface area contributed by atoms with Gasteiger partial charge in [-0.1, -0.05) is 23.1 Å². The highest BCUT2D eigenvalue weighted by Crippen LogP contribution is 2.27. The maximum atomic E-state index is 12.5. The molecular formula is C21H22N4O5S2. The molecule has 0 aliphatic rings. The lowest BCUT2D eigenvalue weighted by Crippen LogP contribution is -2.13. The molecule has 2 amide bonds. The number of nitrogens with one attached hydrogen (secondary N) is 2. The first-order valence-corrected chi connectivity index (χ1v) is 11.3. The number of carbonyl (C=O) groups excluding carboxylic acids is 2. The van der Waals surface area contributed by atoms with Crippen molar-refractivity contribution >= 4 is 45.7 Å². The van der Waals surface area contributed by atoms with Crippen molar-refractivity contribution in [1.82, 2.24) is 10.2 Å². The topological polar surface area (TPSA) is 112 Å². The second-order valence-corrected chi connectivity index (χ2v) is 8.42. The molecule has 11 heteroatoms. The highest BCUT2D eigenvalue weighted by atomic mass is 32.2. The van der Waals surface area contributed by atoms with Crippen molar-refractivity contribution in [2.24, 2.45) is 0 Å². The molecule has 3 aromatic rings. The molecule has 0 aliphatic heterocycles. The Kier molecular flexibility index (Phi) is 8.28. The van der Waals surface area contributed by atoms with Gasteiger partial charge in [0.15, 0.2) is 4.34 Å². The molecule has 0 bridgehead atoms. The zero-order chi connectivity index (χ0) is 22.9. The van der Waals surface area contributed by atoms with Crippen molar-refractivity contribution in [3.63, 3.8) is 0 Å². The SMILES string of the molecule is CCOc1ccc(NC(=O)CSc2nnc(NC(=O)c3cc(OC)cc(OC)c3)s2)cc1. The van der Waals surface area contributed by atoms with E-state index in [-0.39, 0.29) is 17.6 Å². The first kappa shape index (κ1) is 23.4. The van der Waals surface area contributed by atoms with Crippen LogP contribution >= 0.6 is 23.1 Å². The van der Waals surface area contributed by atoms with Crippen molar-refractivity contribution in [1.29, 1.82) is 0 Å². The number of ether oxygens (including phenoxy) is 3. The normalized spacial score (nSPS) is 10.3. The highest BCUT2D eigenvalue weighted by Gasteiger charge is 2.14. The Morgan fingerprint density at radius 1 is 0.969 bits per heavy atom. The zero-order valence-electron chi connectivity index (χ0n) is 17.7. The van der Waals surface area contributed by atoms with Gasteiger partial charge in [-0.25, -0.2) is 0 Å². The molecule has 0 saturated carbocycles. The molecular weight excluding hydrogens is 452 g/mol. The summed E-state index contributed by atoms with van der Waals surface area (Å²) in [4.78, 5) is 24.7. The molecule has 0 spiro atoms. The van der Waals surface area contributed by atoms with E-state index in [4.69, 9.17) is 14.2 Å². The number of nitrogens with zero attached hydrogens (tertiary/aromatic N) is 2. The number of hydrogen-bond donors (Lipinski definition) is 2. The second-order valence-electron chi connectivity index (χ2n) is 6.22. The van der Waals surface area contributed by atoms with Gasteiger partial charge in [0.05, 0.1) is 26.6 Å². The number of rotatable bonds is 10. The summed E-state index contributed by atoms with van der Waals surface area (Å²) in [6.45, 7) is 2.49. The molecule has 0 atom stereocenters. The van der Waals surface area contributed by atoms with Crippen LogP contribution in [0.2, 0.25) is 0 Å². The third-order valence-corrected chi connectivity index (χ3v) is 5.99. The van der Waals surface area contributed by atoms with Crippen LogP contribution in [0.1, 0.15) is 17.3 Å². The molecule has 168 valence electrons. The number of methoxy groups -OCH3 is 2. The Labute approximate surface area is 193 Å². The number of carbonyl (C=O) groups is 2. The van der Waals surface area contributed by atoms with E-state index in [0.717, 1.165) is 5.75 Å². The van der Waals surface area contributed by atoms with E-state index >= 15 is 0 Å². The summed E-state index contributed by atoms with van der Waals surface area (Å²) >= 11 is 2.41.